The second-order valence-electron chi connectivity index (χ2n) is 3.51. The summed E-state index contributed by atoms with van der Waals surface area (Å²) in [7, 11) is 0. The molecule has 0 saturated carbocycles. The van der Waals surface area contributed by atoms with Crippen molar-refractivity contribution in [3.63, 3.8) is 0 Å². The Morgan fingerprint density at radius 1 is 1.17 bits per heavy atom. The molecule has 0 bridgehead atoms. The summed E-state index contributed by atoms with van der Waals surface area (Å²) in [5.41, 5.74) is 0.728. The van der Waals surface area contributed by atoms with Crippen molar-refractivity contribution >= 4 is 0 Å². The topological polar surface area (TPSA) is 29.5 Å². The summed E-state index contributed by atoms with van der Waals surface area (Å²) in [5.74, 6) is 5.93. The maximum atomic E-state index is 11.9. The van der Waals surface area contributed by atoms with Crippen LogP contribution in [0.5, 0.6) is 5.75 Å². The molecule has 2 nitrogen and oxygen atoms in total. The van der Waals surface area contributed by atoms with Crippen LogP contribution in [-0.4, -0.2) is 24.5 Å². The van der Waals surface area contributed by atoms with E-state index in [1.54, 1.807) is 24.3 Å². The van der Waals surface area contributed by atoms with Gasteiger partial charge in [-0.25, -0.2) is 0 Å². The van der Waals surface area contributed by atoms with Crippen LogP contribution in [0.25, 0.3) is 0 Å². The zero-order valence-electron chi connectivity index (χ0n) is 9.63. The van der Waals surface area contributed by atoms with Crippen LogP contribution >= 0.6 is 0 Å². The molecule has 1 rings (SSSR count). The number of benzene rings is 1. The molecule has 1 aromatic rings. The van der Waals surface area contributed by atoms with E-state index in [1.807, 2.05) is 0 Å². The van der Waals surface area contributed by atoms with E-state index in [1.165, 1.54) is 0 Å². The number of aliphatic hydroxyl groups is 1. The lowest BCUT2D eigenvalue weighted by atomic mass is 10.2. The lowest BCUT2D eigenvalue weighted by Gasteiger charge is -2.08. The van der Waals surface area contributed by atoms with Crippen LogP contribution < -0.4 is 4.74 Å². The Morgan fingerprint density at radius 3 is 2.39 bits per heavy atom. The first-order valence-electron chi connectivity index (χ1n) is 5.40. The van der Waals surface area contributed by atoms with Crippen molar-refractivity contribution in [3.05, 3.63) is 29.8 Å². The number of ether oxygens (including phenoxy) is 1. The molecule has 0 spiro atoms. The minimum absolute atomic E-state index is 0.00559. The molecule has 0 radical (unpaired) electrons. The second kappa shape index (κ2) is 6.92. The van der Waals surface area contributed by atoms with Gasteiger partial charge >= 0.3 is 6.18 Å². The zero-order chi connectivity index (χ0) is 13.4. The zero-order valence-corrected chi connectivity index (χ0v) is 9.63. The second-order valence-corrected chi connectivity index (χ2v) is 3.51. The van der Waals surface area contributed by atoms with Crippen molar-refractivity contribution in [2.45, 2.75) is 19.0 Å². The highest BCUT2D eigenvalue weighted by atomic mass is 19.4. The van der Waals surface area contributed by atoms with Crippen LogP contribution in [0.4, 0.5) is 13.2 Å². The molecule has 0 aliphatic carbocycles. The van der Waals surface area contributed by atoms with Crippen LogP contribution in [0.2, 0.25) is 0 Å². The third-order valence-corrected chi connectivity index (χ3v) is 1.98. The molecule has 1 aromatic carbocycles. The van der Waals surface area contributed by atoms with Crippen LogP contribution in [0.15, 0.2) is 24.3 Å². The first-order chi connectivity index (χ1) is 8.51. The minimum atomic E-state index is -4.20. The first kappa shape index (κ1) is 14.4. The van der Waals surface area contributed by atoms with Crippen molar-refractivity contribution in [2.75, 3.05) is 13.2 Å². The fraction of sp³-hybridized carbons (Fsp3) is 0.385. The van der Waals surface area contributed by atoms with Crippen LogP contribution in [0.1, 0.15) is 18.4 Å². The average molecular weight is 258 g/mol. The maximum absolute atomic E-state index is 11.9. The summed E-state index contributed by atoms with van der Waals surface area (Å²) in [6.45, 7) is -0.384. The summed E-state index contributed by atoms with van der Waals surface area (Å²) in [6, 6.07) is 6.46. The Bertz CT molecular complexity index is 413. The predicted molar refractivity (Wildman–Crippen MR) is 61.2 cm³/mol. The van der Waals surface area contributed by atoms with Gasteiger partial charge in [-0.3, -0.25) is 0 Å². The monoisotopic (exact) mass is 258 g/mol. The highest BCUT2D eigenvalue weighted by molar-refractivity contribution is 5.38. The Morgan fingerprint density at radius 2 is 1.83 bits per heavy atom. The molecule has 0 unspecified atom stereocenters. The van der Waals surface area contributed by atoms with Gasteiger partial charge < -0.3 is 9.84 Å². The predicted octanol–water partition coefficient (Wildman–Crippen LogP) is 2.75. The van der Waals surface area contributed by atoms with Crippen LogP contribution in [0, 0.1) is 11.8 Å². The van der Waals surface area contributed by atoms with Gasteiger partial charge in [0.2, 0.25) is 0 Å². The molecule has 0 aliphatic rings. The first-order valence-corrected chi connectivity index (χ1v) is 5.40. The molecular formula is C13H13F3O2. The van der Waals surface area contributed by atoms with Crippen molar-refractivity contribution in [1.29, 1.82) is 0 Å². The number of hydrogen-bond donors (Lipinski definition) is 1. The fourth-order valence-corrected chi connectivity index (χ4v) is 1.14. The van der Waals surface area contributed by atoms with Gasteiger partial charge in [0.1, 0.15) is 5.75 Å². The SMILES string of the molecule is OCCC#Cc1ccc(OCCC(F)(F)F)cc1. The lowest BCUT2D eigenvalue weighted by molar-refractivity contribution is -0.139. The summed E-state index contributed by atoms with van der Waals surface area (Å²) in [4.78, 5) is 0. The molecule has 1 N–H and O–H groups in total. The number of aliphatic hydroxyl groups excluding tert-OH is 1. The largest absolute Gasteiger partial charge is 0.493 e. The summed E-state index contributed by atoms with van der Waals surface area (Å²) in [6.07, 6.45) is -4.77. The van der Waals surface area contributed by atoms with E-state index >= 15 is 0 Å². The minimum Gasteiger partial charge on any atom is -0.493 e. The molecule has 0 atom stereocenters. The molecule has 0 amide bonds. The molecule has 98 valence electrons. The Labute approximate surface area is 103 Å². The summed E-state index contributed by atoms with van der Waals surface area (Å²) >= 11 is 0. The normalized spacial score (nSPS) is 10.7. The van der Waals surface area contributed by atoms with Gasteiger partial charge in [0.05, 0.1) is 19.6 Å². The fourth-order valence-electron chi connectivity index (χ4n) is 1.14. The Balaban J connectivity index is 2.44. The third kappa shape index (κ3) is 6.16. The number of rotatable bonds is 4. The van der Waals surface area contributed by atoms with E-state index in [2.05, 4.69) is 11.8 Å². The van der Waals surface area contributed by atoms with E-state index < -0.39 is 12.6 Å². The molecule has 18 heavy (non-hydrogen) atoms. The molecule has 0 fully saturated rings. The summed E-state index contributed by atoms with van der Waals surface area (Å²) < 4.78 is 40.6. The summed E-state index contributed by atoms with van der Waals surface area (Å²) in [5, 5.41) is 8.54. The Kier molecular flexibility index (Phi) is 5.53. The van der Waals surface area contributed by atoms with Crippen molar-refractivity contribution in [1.82, 2.24) is 0 Å². The number of alkyl halides is 3. The molecular weight excluding hydrogens is 245 g/mol. The molecule has 0 heterocycles. The van der Waals surface area contributed by atoms with Crippen molar-refractivity contribution in [2.24, 2.45) is 0 Å². The van der Waals surface area contributed by atoms with Gasteiger partial charge in [-0.1, -0.05) is 11.8 Å². The molecule has 0 aromatic heterocycles. The molecule has 0 saturated heterocycles. The number of halogens is 3. The quantitative estimate of drug-likeness (QED) is 0.841. The van der Waals surface area contributed by atoms with Gasteiger partial charge in [0.25, 0.3) is 0 Å². The van der Waals surface area contributed by atoms with E-state index in [0.29, 0.717) is 12.2 Å². The van der Waals surface area contributed by atoms with Gasteiger partial charge in [0.15, 0.2) is 0 Å². The average Bonchev–Trinajstić information content (AvgIpc) is 2.30. The highest BCUT2D eigenvalue weighted by Gasteiger charge is 2.26. The van der Waals surface area contributed by atoms with Crippen molar-refractivity contribution in [3.8, 4) is 17.6 Å². The van der Waals surface area contributed by atoms with E-state index in [0.717, 1.165) is 5.56 Å². The standard InChI is InChI=1S/C13H13F3O2/c14-13(15,16)8-10-18-12-6-4-11(5-7-12)3-1-2-9-17/h4-7,17H,2,8-10H2. The van der Waals surface area contributed by atoms with E-state index in [9.17, 15) is 13.2 Å². The lowest BCUT2D eigenvalue weighted by Crippen LogP contribution is -2.12. The van der Waals surface area contributed by atoms with Crippen LogP contribution in [0.3, 0.4) is 0 Å². The molecule has 5 heteroatoms. The van der Waals surface area contributed by atoms with E-state index in [-0.39, 0.29) is 13.2 Å². The number of hydrogen-bond acceptors (Lipinski definition) is 2. The Hall–Kier alpha value is -1.67. The van der Waals surface area contributed by atoms with Crippen molar-refractivity contribution < 1.29 is 23.0 Å². The van der Waals surface area contributed by atoms with E-state index in [4.69, 9.17) is 9.84 Å². The molecule has 0 aliphatic heterocycles. The third-order valence-electron chi connectivity index (χ3n) is 1.98. The van der Waals surface area contributed by atoms with Gasteiger partial charge in [0, 0.05) is 12.0 Å². The maximum Gasteiger partial charge on any atom is 0.392 e. The smallest absolute Gasteiger partial charge is 0.392 e. The van der Waals surface area contributed by atoms with Crippen LogP contribution in [-0.2, 0) is 0 Å². The van der Waals surface area contributed by atoms with Gasteiger partial charge in [-0.05, 0) is 24.3 Å². The van der Waals surface area contributed by atoms with Gasteiger partial charge in [-0.2, -0.15) is 13.2 Å². The highest BCUT2D eigenvalue weighted by Crippen LogP contribution is 2.20. The van der Waals surface area contributed by atoms with Gasteiger partial charge in [-0.15, -0.1) is 0 Å².